The highest BCUT2D eigenvalue weighted by molar-refractivity contribution is 6.25. The number of fused-ring (bicyclic) bond motifs is 7. The van der Waals surface area contributed by atoms with Gasteiger partial charge in [-0.05, 0) is 40.4 Å². The largest absolute Gasteiger partial charge is 1.00 e. The zero-order valence-corrected chi connectivity index (χ0v) is 17.0. The number of hydrogen-bond acceptors (Lipinski definition) is 3. The number of nitrogens with zero attached hydrogens (tertiary/aromatic N) is 1. The molecule has 144 valence electrons. The van der Waals surface area contributed by atoms with Crippen LogP contribution in [0, 0.1) is 0 Å². The lowest BCUT2D eigenvalue weighted by atomic mass is 9.94. The summed E-state index contributed by atoms with van der Waals surface area (Å²) in [5.41, 5.74) is 1.40. The molecule has 4 aromatic rings. The van der Waals surface area contributed by atoms with Gasteiger partial charge in [-0.25, -0.2) is 4.57 Å². The Bertz CT molecular complexity index is 1220. The number of rotatable bonds is 3. The Balaban J connectivity index is 0.00000192. The van der Waals surface area contributed by atoms with Crippen LogP contribution in [0.1, 0.15) is 12.1 Å². The molecule has 1 aliphatic heterocycles. The van der Waals surface area contributed by atoms with Crippen molar-refractivity contribution in [3.8, 4) is 17.2 Å². The predicted molar refractivity (Wildman–Crippen MR) is 107 cm³/mol. The molecule has 4 nitrogen and oxygen atoms in total. The van der Waals surface area contributed by atoms with Crippen LogP contribution in [-0.4, -0.2) is 21.3 Å². The highest BCUT2D eigenvalue weighted by Crippen LogP contribution is 2.41. The molecule has 28 heavy (non-hydrogen) atoms. The van der Waals surface area contributed by atoms with Crippen molar-refractivity contribution < 1.29 is 31.2 Å². The van der Waals surface area contributed by atoms with Crippen molar-refractivity contribution in [2.24, 2.45) is 0 Å². The Hall–Kier alpha value is -2.72. The Morgan fingerprint density at radius 3 is 2.04 bits per heavy atom. The van der Waals surface area contributed by atoms with Crippen LogP contribution in [0.3, 0.4) is 0 Å². The topological polar surface area (TPSA) is 31.6 Å². The van der Waals surface area contributed by atoms with Gasteiger partial charge >= 0.3 is 0 Å². The molecule has 0 radical (unpaired) electrons. The van der Waals surface area contributed by atoms with Crippen LogP contribution in [0.4, 0.5) is 0 Å². The van der Waals surface area contributed by atoms with Gasteiger partial charge in [0.1, 0.15) is 12.3 Å². The molecule has 0 saturated carbocycles. The van der Waals surface area contributed by atoms with E-state index < -0.39 is 0 Å². The van der Waals surface area contributed by atoms with Crippen molar-refractivity contribution in [2.45, 2.75) is 19.4 Å². The van der Waals surface area contributed by atoms with Crippen LogP contribution >= 0.6 is 0 Å². The van der Waals surface area contributed by atoms with Crippen LogP contribution in [0.25, 0.3) is 32.3 Å². The lowest BCUT2D eigenvalue weighted by Gasteiger charge is -2.14. The van der Waals surface area contributed by atoms with Gasteiger partial charge in [-0.3, -0.25) is 0 Å². The normalized spacial score (nSPS) is 12.8. The van der Waals surface area contributed by atoms with Crippen molar-refractivity contribution in [1.82, 2.24) is 0 Å². The molecule has 0 amide bonds. The van der Waals surface area contributed by atoms with Crippen LogP contribution in [-0.2, 0) is 13.0 Å². The lowest BCUT2D eigenvalue weighted by Crippen LogP contribution is -3.00. The standard InChI is InChI=1S/C23H22NO3.ClH/c1-25-15-6-7-16-17-9-14-5-4-8-24(14)13-21(17)20-12-23(27-3)22(26-2)11-19(20)18(16)10-15;/h6-7,9-13H,4-5,8H2,1-3H3;1H/q+1;/p-1. The molecule has 2 heterocycles. The fourth-order valence-corrected chi connectivity index (χ4v) is 4.36. The summed E-state index contributed by atoms with van der Waals surface area (Å²) >= 11 is 0. The average Bonchev–Trinajstić information content (AvgIpc) is 3.18. The highest BCUT2D eigenvalue weighted by atomic mass is 35.5. The first-order valence-electron chi connectivity index (χ1n) is 9.25. The zero-order valence-electron chi connectivity index (χ0n) is 16.2. The third-order valence-electron chi connectivity index (χ3n) is 5.71. The minimum atomic E-state index is 0. The number of ether oxygens (including phenoxy) is 3. The molecule has 0 atom stereocenters. The summed E-state index contributed by atoms with van der Waals surface area (Å²) in [6, 6.07) is 12.8. The Kier molecular flexibility index (Phi) is 4.68. The Morgan fingerprint density at radius 2 is 1.36 bits per heavy atom. The Morgan fingerprint density at radius 1 is 0.714 bits per heavy atom. The van der Waals surface area contributed by atoms with Crippen LogP contribution < -0.4 is 31.2 Å². The van der Waals surface area contributed by atoms with Gasteiger partial charge in [0.2, 0.25) is 0 Å². The fraction of sp³-hybridized carbons (Fsp3) is 0.261. The first kappa shape index (κ1) is 18.6. The zero-order chi connectivity index (χ0) is 18.5. The first-order valence-corrected chi connectivity index (χ1v) is 9.25. The van der Waals surface area contributed by atoms with Crippen molar-refractivity contribution in [3.05, 3.63) is 48.3 Å². The third-order valence-corrected chi connectivity index (χ3v) is 5.71. The van der Waals surface area contributed by atoms with Crippen molar-refractivity contribution >= 4 is 32.3 Å². The van der Waals surface area contributed by atoms with Gasteiger partial charge < -0.3 is 26.6 Å². The van der Waals surface area contributed by atoms with E-state index in [1.165, 1.54) is 39.0 Å². The second-order valence-corrected chi connectivity index (χ2v) is 7.05. The van der Waals surface area contributed by atoms with E-state index in [-0.39, 0.29) is 12.4 Å². The SMILES string of the molecule is COc1ccc2c(c1)c1cc(OC)c(OC)cc1c1c[n+]3c(cc21)CCC3.[Cl-]. The van der Waals surface area contributed by atoms with E-state index >= 15 is 0 Å². The lowest BCUT2D eigenvalue weighted by molar-refractivity contribution is -0.689. The molecule has 0 saturated heterocycles. The molecule has 0 fully saturated rings. The second kappa shape index (κ2) is 7.02. The maximum atomic E-state index is 5.59. The number of pyridine rings is 1. The molecular formula is C23H22ClNO3. The molecule has 0 unspecified atom stereocenters. The van der Waals surface area contributed by atoms with E-state index in [1.807, 2.05) is 6.07 Å². The molecule has 5 heteroatoms. The number of halogens is 1. The molecule has 0 N–H and O–H groups in total. The maximum Gasteiger partial charge on any atom is 0.182 e. The molecule has 3 aromatic carbocycles. The van der Waals surface area contributed by atoms with Gasteiger partial charge in [-0.1, -0.05) is 6.07 Å². The monoisotopic (exact) mass is 395 g/mol. The number of aryl methyl sites for hydroxylation is 2. The van der Waals surface area contributed by atoms with E-state index in [4.69, 9.17) is 14.2 Å². The van der Waals surface area contributed by atoms with Gasteiger partial charge in [0.05, 0.1) is 26.7 Å². The van der Waals surface area contributed by atoms with Gasteiger partial charge in [-0.15, -0.1) is 0 Å². The summed E-state index contributed by atoms with van der Waals surface area (Å²) < 4.78 is 19.0. The minimum absolute atomic E-state index is 0. The maximum absolute atomic E-state index is 5.59. The van der Waals surface area contributed by atoms with Crippen molar-refractivity contribution in [1.29, 1.82) is 0 Å². The van der Waals surface area contributed by atoms with Gasteiger partial charge in [0, 0.05) is 29.7 Å². The highest BCUT2D eigenvalue weighted by Gasteiger charge is 2.22. The fourth-order valence-electron chi connectivity index (χ4n) is 4.36. The van der Waals surface area contributed by atoms with Crippen LogP contribution in [0.2, 0.25) is 0 Å². The van der Waals surface area contributed by atoms with Crippen molar-refractivity contribution in [2.75, 3.05) is 21.3 Å². The number of benzene rings is 3. The average molecular weight is 396 g/mol. The second-order valence-electron chi connectivity index (χ2n) is 7.05. The minimum Gasteiger partial charge on any atom is -1.00 e. The first-order chi connectivity index (χ1) is 13.2. The van der Waals surface area contributed by atoms with E-state index in [2.05, 4.69) is 41.1 Å². The smallest absolute Gasteiger partial charge is 0.182 e. The van der Waals surface area contributed by atoms with E-state index in [9.17, 15) is 0 Å². The number of aromatic nitrogens is 1. The van der Waals surface area contributed by atoms with E-state index in [0.717, 1.165) is 35.6 Å². The summed E-state index contributed by atoms with van der Waals surface area (Å²) in [6.07, 6.45) is 4.64. The molecule has 1 aliphatic rings. The Labute approximate surface area is 170 Å². The molecule has 0 bridgehead atoms. The molecule has 1 aromatic heterocycles. The summed E-state index contributed by atoms with van der Waals surface area (Å²) in [6.45, 7) is 1.08. The number of hydrogen-bond donors (Lipinski definition) is 0. The van der Waals surface area contributed by atoms with Gasteiger partial charge in [0.25, 0.3) is 0 Å². The quantitative estimate of drug-likeness (QED) is 0.388. The number of methoxy groups -OCH3 is 3. The van der Waals surface area contributed by atoms with Gasteiger partial charge in [0.15, 0.2) is 23.4 Å². The third kappa shape index (κ3) is 2.63. The summed E-state index contributed by atoms with van der Waals surface area (Å²) in [5, 5.41) is 7.24. The summed E-state index contributed by atoms with van der Waals surface area (Å²) in [5.74, 6) is 2.34. The van der Waals surface area contributed by atoms with E-state index in [1.54, 1.807) is 21.3 Å². The van der Waals surface area contributed by atoms with Crippen molar-refractivity contribution in [3.63, 3.8) is 0 Å². The summed E-state index contributed by atoms with van der Waals surface area (Å²) in [7, 11) is 5.07. The molecular weight excluding hydrogens is 374 g/mol. The molecule has 0 spiro atoms. The summed E-state index contributed by atoms with van der Waals surface area (Å²) in [4.78, 5) is 0. The molecule has 5 rings (SSSR count). The molecule has 0 aliphatic carbocycles. The predicted octanol–water partition coefficient (Wildman–Crippen LogP) is 1.41. The van der Waals surface area contributed by atoms with Crippen LogP contribution in [0.15, 0.2) is 42.6 Å². The van der Waals surface area contributed by atoms with Gasteiger partial charge in [-0.2, -0.15) is 0 Å². The van der Waals surface area contributed by atoms with E-state index in [0.29, 0.717) is 0 Å². The van der Waals surface area contributed by atoms with Crippen LogP contribution in [0.5, 0.6) is 17.2 Å².